The molecule has 0 N–H and O–H groups in total. The molecule has 10 nitrogen and oxygen atoms in total. The molecule has 0 fully saturated rings. The van der Waals surface area contributed by atoms with Crippen LogP contribution in [0.2, 0.25) is 0 Å². The van der Waals surface area contributed by atoms with Gasteiger partial charge in [0.2, 0.25) is 0 Å². The van der Waals surface area contributed by atoms with Gasteiger partial charge in [0.15, 0.2) is 16.3 Å². The lowest BCUT2D eigenvalue weighted by molar-refractivity contribution is -0.139. The molecule has 6 rings (SSSR count). The minimum absolute atomic E-state index is 0.124. The van der Waals surface area contributed by atoms with Gasteiger partial charge in [-0.1, -0.05) is 35.6 Å². The number of para-hydroxylation sites is 1. The van der Waals surface area contributed by atoms with E-state index in [1.54, 1.807) is 61.1 Å². The zero-order chi connectivity index (χ0) is 33.2. The standard InChI is InChI=1S/C35H29FN4O6S/c1-5-45-34(43)30-20(2)37-35-40(32(30)23-13-16-27(46-21(3)41)28(17-23)44-4)33(42)29(47-35)18-24-19-39(26-9-7-6-8-10-26)38-31(24)22-11-14-25(36)15-12-22/h6-19,32H,5H2,1-4H3/b29-18+. The summed E-state index contributed by atoms with van der Waals surface area (Å²) in [7, 11) is 1.43. The van der Waals surface area contributed by atoms with E-state index in [0.29, 0.717) is 37.4 Å². The number of fused-ring (bicyclic) bond motifs is 1. The lowest BCUT2D eigenvalue weighted by Gasteiger charge is -2.25. The summed E-state index contributed by atoms with van der Waals surface area (Å²) in [5.41, 5.74) is 3.35. The number of allylic oxidation sites excluding steroid dienone is 1. The molecule has 0 saturated heterocycles. The predicted octanol–water partition coefficient (Wildman–Crippen LogP) is 4.72. The number of hydrogen-bond acceptors (Lipinski definition) is 9. The normalized spacial score (nSPS) is 14.4. The van der Waals surface area contributed by atoms with Crippen molar-refractivity contribution in [3.05, 3.63) is 127 Å². The van der Waals surface area contributed by atoms with Crippen LogP contribution < -0.4 is 24.4 Å². The molecular formula is C35H29FN4O6S. The Kier molecular flexibility index (Phi) is 8.68. The van der Waals surface area contributed by atoms with E-state index in [9.17, 15) is 18.8 Å². The molecule has 1 unspecified atom stereocenters. The van der Waals surface area contributed by atoms with Crippen molar-refractivity contribution in [3.8, 4) is 28.4 Å². The van der Waals surface area contributed by atoms with Crippen LogP contribution in [0.25, 0.3) is 23.0 Å². The monoisotopic (exact) mass is 652 g/mol. The number of benzene rings is 3. The van der Waals surface area contributed by atoms with Gasteiger partial charge in [-0.15, -0.1) is 0 Å². The van der Waals surface area contributed by atoms with Gasteiger partial charge in [-0.05, 0) is 74.0 Å². The molecule has 2 aromatic heterocycles. The molecular weight excluding hydrogens is 623 g/mol. The van der Waals surface area contributed by atoms with E-state index in [-0.39, 0.29) is 29.5 Å². The SMILES string of the molecule is CCOC(=O)C1=C(C)N=c2s/c(=C/c3cn(-c4ccccc4)nc3-c3ccc(F)cc3)c(=O)n2C1c1ccc(OC(C)=O)c(OC)c1. The van der Waals surface area contributed by atoms with Gasteiger partial charge in [0, 0.05) is 24.2 Å². The molecule has 5 aromatic rings. The molecule has 238 valence electrons. The zero-order valence-electron chi connectivity index (χ0n) is 25.9. The molecule has 3 aromatic carbocycles. The summed E-state index contributed by atoms with van der Waals surface area (Å²) in [6, 6.07) is 19.4. The molecule has 1 aliphatic heterocycles. The third-order valence-corrected chi connectivity index (χ3v) is 8.42. The summed E-state index contributed by atoms with van der Waals surface area (Å²) >= 11 is 1.16. The Balaban J connectivity index is 1.56. The predicted molar refractivity (Wildman–Crippen MR) is 174 cm³/mol. The van der Waals surface area contributed by atoms with Crippen LogP contribution in [0, 0.1) is 5.82 Å². The Morgan fingerprint density at radius 1 is 1.04 bits per heavy atom. The third-order valence-electron chi connectivity index (χ3n) is 7.44. The van der Waals surface area contributed by atoms with E-state index >= 15 is 0 Å². The highest BCUT2D eigenvalue weighted by Gasteiger charge is 2.34. The third kappa shape index (κ3) is 6.15. The van der Waals surface area contributed by atoms with Crippen molar-refractivity contribution in [1.29, 1.82) is 0 Å². The number of carbonyl (C=O) groups is 2. The fraction of sp³-hybridized carbons (Fsp3) is 0.171. The molecule has 0 saturated carbocycles. The quantitative estimate of drug-likeness (QED) is 0.176. The summed E-state index contributed by atoms with van der Waals surface area (Å²) in [6.45, 7) is 4.79. The molecule has 1 atom stereocenters. The van der Waals surface area contributed by atoms with Crippen LogP contribution in [0.15, 0.2) is 100 Å². The summed E-state index contributed by atoms with van der Waals surface area (Å²) in [6.07, 6.45) is 3.53. The van der Waals surface area contributed by atoms with Crippen LogP contribution in [0.4, 0.5) is 4.39 Å². The molecule has 0 bridgehead atoms. The van der Waals surface area contributed by atoms with E-state index in [2.05, 4.69) is 4.99 Å². The first-order valence-corrected chi connectivity index (χ1v) is 15.5. The molecule has 3 heterocycles. The number of thiazole rings is 1. The second-order valence-corrected chi connectivity index (χ2v) is 11.5. The lowest BCUT2D eigenvalue weighted by atomic mass is 9.95. The van der Waals surface area contributed by atoms with Gasteiger partial charge in [-0.2, -0.15) is 5.10 Å². The maximum atomic E-state index is 14.3. The van der Waals surface area contributed by atoms with Crippen molar-refractivity contribution < 1.29 is 28.2 Å². The van der Waals surface area contributed by atoms with E-state index < -0.39 is 23.5 Å². The van der Waals surface area contributed by atoms with Crippen LogP contribution in [0.3, 0.4) is 0 Å². The second kappa shape index (κ2) is 13.0. The van der Waals surface area contributed by atoms with Crippen molar-refractivity contribution in [2.75, 3.05) is 13.7 Å². The first-order chi connectivity index (χ1) is 22.7. The van der Waals surface area contributed by atoms with E-state index in [1.165, 1.54) is 30.7 Å². The lowest BCUT2D eigenvalue weighted by Crippen LogP contribution is -2.40. The van der Waals surface area contributed by atoms with Crippen LogP contribution >= 0.6 is 11.3 Å². The first-order valence-electron chi connectivity index (χ1n) is 14.7. The molecule has 1 aliphatic rings. The van der Waals surface area contributed by atoms with E-state index in [0.717, 1.165) is 17.0 Å². The highest BCUT2D eigenvalue weighted by Crippen LogP contribution is 2.36. The molecule has 0 spiro atoms. The van der Waals surface area contributed by atoms with Crippen LogP contribution in [0.1, 0.15) is 37.9 Å². The number of esters is 2. The van der Waals surface area contributed by atoms with Crippen LogP contribution in [-0.2, 0) is 14.3 Å². The van der Waals surface area contributed by atoms with Crippen molar-refractivity contribution in [2.24, 2.45) is 4.99 Å². The van der Waals surface area contributed by atoms with Crippen molar-refractivity contribution in [1.82, 2.24) is 14.3 Å². The van der Waals surface area contributed by atoms with Gasteiger partial charge >= 0.3 is 11.9 Å². The number of halogens is 1. The van der Waals surface area contributed by atoms with E-state index in [4.69, 9.17) is 19.3 Å². The Labute approximate surface area is 272 Å². The fourth-order valence-electron chi connectivity index (χ4n) is 5.38. The summed E-state index contributed by atoms with van der Waals surface area (Å²) in [4.78, 5) is 44.3. The minimum atomic E-state index is -0.920. The topological polar surface area (TPSA) is 114 Å². The number of methoxy groups -OCH3 is 1. The van der Waals surface area contributed by atoms with Gasteiger partial charge in [0.25, 0.3) is 5.56 Å². The minimum Gasteiger partial charge on any atom is -0.493 e. The summed E-state index contributed by atoms with van der Waals surface area (Å²) in [5.74, 6) is -1.08. The zero-order valence-corrected chi connectivity index (χ0v) is 26.7. The molecule has 0 aliphatic carbocycles. The number of aromatic nitrogens is 3. The Hall–Kier alpha value is -5.62. The van der Waals surface area contributed by atoms with Gasteiger partial charge in [0.1, 0.15) is 11.5 Å². The molecule has 12 heteroatoms. The summed E-state index contributed by atoms with van der Waals surface area (Å²) in [5, 5.41) is 4.78. The molecule has 47 heavy (non-hydrogen) atoms. The maximum Gasteiger partial charge on any atom is 0.338 e. The van der Waals surface area contributed by atoms with Crippen molar-refractivity contribution in [3.63, 3.8) is 0 Å². The molecule has 0 amide bonds. The van der Waals surface area contributed by atoms with Gasteiger partial charge in [0.05, 0.1) is 41.2 Å². The fourth-order valence-corrected chi connectivity index (χ4v) is 6.42. The highest BCUT2D eigenvalue weighted by atomic mass is 32.1. The number of nitrogens with zero attached hydrogens (tertiary/aromatic N) is 4. The number of carbonyl (C=O) groups excluding carboxylic acids is 2. The highest BCUT2D eigenvalue weighted by molar-refractivity contribution is 7.07. The first kappa shape index (κ1) is 31.4. The van der Waals surface area contributed by atoms with Gasteiger partial charge < -0.3 is 14.2 Å². The Bertz CT molecular complexity index is 2220. The van der Waals surface area contributed by atoms with Crippen LogP contribution in [0.5, 0.6) is 11.5 Å². The smallest absolute Gasteiger partial charge is 0.338 e. The van der Waals surface area contributed by atoms with Crippen LogP contribution in [-0.4, -0.2) is 40.0 Å². The average Bonchev–Trinajstić information content (AvgIpc) is 3.61. The Morgan fingerprint density at radius 2 is 1.79 bits per heavy atom. The number of ether oxygens (including phenoxy) is 3. The number of hydrogen-bond donors (Lipinski definition) is 0. The van der Waals surface area contributed by atoms with Crippen molar-refractivity contribution >= 4 is 29.4 Å². The maximum absolute atomic E-state index is 14.3. The van der Waals surface area contributed by atoms with E-state index in [1.807, 2.05) is 30.3 Å². The Morgan fingerprint density at radius 3 is 2.47 bits per heavy atom. The van der Waals surface area contributed by atoms with Crippen molar-refractivity contribution in [2.45, 2.75) is 26.8 Å². The largest absolute Gasteiger partial charge is 0.493 e. The van der Waals surface area contributed by atoms with Gasteiger partial charge in [-0.3, -0.25) is 14.2 Å². The summed E-state index contributed by atoms with van der Waals surface area (Å²) < 4.78 is 33.5. The van der Waals surface area contributed by atoms with Gasteiger partial charge in [-0.25, -0.2) is 18.9 Å². The second-order valence-electron chi connectivity index (χ2n) is 10.5. The molecule has 0 radical (unpaired) electrons. The average molecular weight is 653 g/mol. The number of rotatable bonds is 8.